The summed E-state index contributed by atoms with van der Waals surface area (Å²) >= 11 is 0. The first kappa shape index (κ1) is 26.1. The SMILES string of the molecule is CCC(CC)(CC)CCCCOCCCCC(CC)(CC)OP(=O)(O)O. The van der Waals surface area contributed by atoms with Crippen molar-refractivity contribution in [3.05, 3.63) is 0 Å². The first-order valence-electron chi connectivity index (χ1n) is 10.6. The molecular formula is C20H43O5P. The predicted octanol–water partition coefficient (Wildman–Crippen LogP) is 6.23. The first-order chi connectivity index (χ1) is 12.2. The lowest BCUT2D eigenvalue weighted by Gasteiger charge is -2.31. The van der Waals surface area contributed by atoms with Gasteiger partial charge in [-0.05, 0) is 50.4 Å². The second-order valence-electron chi connectivity index (χ2n) is 7.56. The molecule has 0 aromatic heterocycles. The Morgan fingerprint density at radius 2 is 1.19 bits per heavy atom. The average Bonchev–Trinajstić information content (AvgIpc) is 2.62. The average molecular weight is 395 g/mol. The van der Waals surface area contributed by atoms with E-state index in [1.54, 1.807) is 0 Å². The standard InChI is InChI=1S/C20H43O5P/c1-6-19(7-2,8-3)15-11-13-17-24-18-14-12-16-20(9-4,10-5)25-26(21,22)23/h6-18H2,1-5H3,(H2,21,22,23). The Kier molecular flexibility index (Phi) is 13.3. The largest absolute Gasteiger partial charge is 0.470 e. The van der Waals surface area contributed by atoms with E-state index in [2.05, 4.69) is 20.8 Å². The maximum absolute atomic E-state index is 11.2. The summed E-state index contributed by atoms with van der Waals surface area (Å²) in [7, 11) is -4.45. The van der Waals surface area contributed by atoms with Crippen LogP contribution in [-0.4, -0.2) is 28.6 Å². The fourth-order valence-corrected chi connectivity index (χ4v) is 4.62. The van der Waals surface area contributed by atoms with E-state index >= 15 is 0 Å². The fourth-order valence-electron chi connectivity index (χ4n) is 3.77. The number of hydrogen-bond acceptors (Lipinski definition) is 3. The smallest absolute Gasteiger partial charge is 0.381 e. The molecule has 26 heavy (non-hydrogen) atoms. The van der Waals surface area contributed by atoms with Gasteiger partial charge in [-0.25, -0.2) is 4.57 Å². The minimum atomic E-state index is -4.45. The van der Waals surface area contributed by atoms with Crippen molar-refractivity contribution in [1.29, 1.82) is 0 Å². The normalized spacial score (nSPS) is 13.3. The van der Waals surface area contributed by atoms with Crippen LogP contribution in [0.4, 0.5) is 0 Å². The number of rotatable bonds is 17. The van der Waals surface area contributed by atoms with Gasteiger partial charge in [0, 0.05) is 13.2 Å². The molecule has 0 rings (SSSR count). The summed E-state index contributed by atoms with van der Waals surface area (Å²) in [5, 5.41) is 0. The van der Waals surface area contributed by atoms with Gasteiger partial charge in [-0.2, -0.15) is 0 Å². The summed E-state index contributed by atoms with van der Waals surface area (Å²) < 4.78 is 22.0. The molecule has 0 aliphatic rings. The third-order valence-corrected chi connectivity index (χ3v) is 6.89. The lowest BCUT2D eigenvalue weighted by atomic mass is 9.76. The molecule has 5 nitrogen and oxygen atoms in total. The highest BCUT2D eigenvalue weighted by atomic mass is 31.2. The summed E-state index contributed by atoms with van der Waals surface area (Å²) in [6.07, 6.45) is 11.0. The van der Waals surface area contributed by atoms with Crippen LogP contribution >= 0.6 is 7.82 Å². The second kappa shape index (κ2) is 13.3. The third-order valence-electron chi connectivity index (χ3n) is 6.27. The van der Waals surface area contributed by atoms with Crippen LogP contribution < -0.4 is 0 Å². The van der Waals surface area contributed by atoms with Gasteiger partial charge in [0.15, 0.2) is 0 Å². The van der Waals surface area contributed by atoms with Gasteiger partial charge in [-0.1, -0.05) is 60.3 Å². The molecule has 0 saturated carbocycles. The maximum atomic E-state index is 11.2. The van der Waals surface area contributed by atoms with Crippen molar-refractivity contribution in [2.75, 3.05) is 13.2 Å². The zero-order valence-corrected chi connectivity index (χ0v) is 18.7. The van der Waals surface area contributed by atoms with Crippen molar-refractivity contribution >= 4 is 7.82 Å². The van der Waals surface area contributed by atoms with Crippen LogP contribution in [0.3, 0.4) is 0 Å². The number of hydrogen-bond donors (Lipinski definition) is 2. The highest BCUT2D eigenvalue weighted by Crippen LogP contribution is 2.45. The van der Waals surface area contributed by atoms with E-state index in [0.29, 0.717) is 31.3 Å². The number of phosphoric ester groups is 1. The molecule has 0 aliphatic heterocycles. The highest BCUT2D eigenvalue weighted by Gasteiger charge is 2.34. The summed E-state index contributed by atoms with van der Waals surface area (Å²) in [4.78, 5) is 18.2. The van der Waals surface area contributed by atoms with E-state index < -0.39 is 13.4 Å². The Hall–Kier alpha value is 0.0700. The molecule has 0 bridgehead atoms. The minimum absolute atomic E-state index is 0.516. The van der Waals surface area contributed by atoms with E-state index in [1.807, 2.05) is 13.8 Å². The molecule has 0 radical (unpaired) electrons. The number of ether oxygens (including phenoxy) is 1. The third kappa shape index (κ3) is 10.4. The molecule has 0 fully saturated rings. The van der Waals surface area contributed by atoms with Gasteiger partial charge >= 0.3 is 7.82 Å². The van der Waals surface area contributed by atoms with Crippen LogP contribution in [0.2, 0.25) is 0 Å². The summed E-state index contributed by atoms with van der Waals surface area (Å²) in [6, 6.07) is 0. The molecule has 0 aromatic carbocycles. The Morgan fingerprint density at radius 3 is 1.58 bits per heavy atom. The molecule has 0 saturated heterocycles. The van der Waals surface area contributed by atoms with Crippen LogP contribution in [0.15, 0.2) is 0 Å². The molecule has 0 aromatic rings. The summed E-state index contributed by atoms with van der Waals surface area (Å²) in [6.45, 7) is 12.2. The molecule has 158 valence electrons. The van der Waals surface area contributed by atoms with Gasteiger partial charge in [0.1, 0.15) is 0 Å². The van der Waals surface area contributed by atoms with E-state index in [9.17, 15) is 4.57 Å². The Balaban J connectivity index is 3.91. The molecular weight excluding hydrogens is 351 g/mol. The maximum Gasteiger partial charge on any atom is 0.470 e. The van der Waals surface area contributed by atoms with E-state index in [0.717, 1.165) is 25.9 Å². The van der Waals surface area contributed by atoms with Crippen LogP contribution in [0.5, 0.6) is 0 Å². The monoisotopic (exact) mass is 394 g/mol. The van der Waals surface area contributed by atoms with Crippen LogP contribution in [0.1, 0.15) is 105 Å². The lowest BCUT2D eigenvalue weighted by molar-refractivity contribution is 0.0153. The predicted molar refractivity (Wildman–Crippen MR) is 108 cm³/mol. The Morgan fingerprint density at radius 1 is 0.731 bits per heavy atom. The quantitative estimate of drug-likeness (QED) is 0.226. The molecule has 0 unspecified atom stereocenters. The lowest BCUT2D eigenvalue weighted by Crippen LogP contribution is -2.30. The van der Waals surface area contributed by atoms with Gasteiger partial charge in [0.05, 0.1) is 5.60 Å². The van der Waals surface area contributed by atoms with Crippen LogP contribution in [0, 0.1) is 5.41 Å². The zero-order chi connectivity index (χ0) is 20.1. The molecule has 0 amide bonds. The van der Waals surface area contributed by atoms with Crippen molar-refractivity contribution < 1.29 is 23.6 Å². The molecule has 6 heteroatoms. The Labute approximate surface area is 161 Å². The minimum Gasteiger partial charge on any atom is -0.381 e. The fraction of sp³-hybridized carbons (Fsp3) is 1.00. The highest BCUT2D eigenvalue weighted by molar-refractivity contribution is 7.46. The molecule has 0 atom stereocenters. The van der Waals surface area contributed by atoms with Crippen molar-refractivity contribution in [3.63, 3.8) is 0 Å². The molecule has 0 aliphatic carbocycles. The first-order valence-corrected chi connectivity index (χ1v) is 12.1. The van der Waals surface area contributed by atoms with Crippen molar-refractivity contribution in [2.45, 2.75) is 111 Å². The van der Waals surface area contributed by atoms with Gasteiger partial charge in [-0.15, -0.1) is 0 Å². The van der Waals surface area contributed by atoms with Gasteiger partial charge in [0.2, 0.25) is 0 Å². The van der Waals surface area contributed by atoms with Gasteiger partial charge < -0.3 is 14.5 Å². The van der Waals surface area contributed by atoms with Gasteiger partial charge in [0.25, 0.3) is 0 Å². The topological polar surface area (TPSA) is 76.0 Å². The molecule has 2 N–H and O–H groups in total. The van der Waals surface area contributed by atoms with Crippen molar-refractivity contribution in [3.8, 4) is 0 Å². The summed E-state index contributed by atoms with van der Waals surface area (Å²) in [5.74, 6) is 0. The van der Waals surface area contributed by atoms with E-state index in [1.165, 1.54) is 32.1 Å². The van der Waals surface area contributed by atoms with E-state index in [4.69, 9.17) is 19.0 Å². The van der Waals surface area contributed by atoms with Crippen molar-refractivity contribution in [2.24, 2.45) is 5.41 Å². The molecule has 0 heterocycles. The Bertz CT molecular complexity index is 377. The summed E-state index contributed by atoms with van der Waals surface area (Å²) in [5.41, 5.74) is -0.203. The zero-order valence-electron chi connectivity index (χ0n) is 17.8. The van der Waals surface area contributed by atoms with Crippen molar-refractivity contribution in [1.82, 2.24) is 0 Å². The second-order valence-corrected chi connectivity index (χ2v) is 8.72. The van der Waals surface area contributed by atoms with Crippen LogP contribution in [0.25, 0.3) is 0 Å². The van der Waals surface area contributed by atoms with Crippen LogP contribution in [-0.2, 0) is 13.8 Å². The van der Waals surface area contributed by atoms with E-state index in [-0.39, 0.29) is 0 Å². The van der Waals surface area contributed by atoms with Gasteiger partial charge in [-0.3, -0.25) is 4.52 Å². The number of unbranched alkanes of at least 4 members (excludes halogenated alkanes) is 2. The number of phosphoric acid groups is 1. The molecule has 0 spiro atoms.